The van der Waals surface area contributed by atoms with Crippen LogP contribution < -0.4 is 4.74 Å². The molecule has 0 radical (unpaired) electrons. The average molecular weight is 417 g/mol. The second-order valence-electron chi connectivity index (χ2n) is 6.54. The number of hydrogen-bond acceptors (Lipinski definition) is 3. The van der Waals surface area contributed by atoms with Gasteiger partial charge in [0.15, 0.2) is 0 Å². The first-order valence-corrected chi connectivity index (χ1v) is 9.98. The minimum atomic E-state index is -0.641. The monoisotopic (exact) mass is 416 g/mol. The van der Waals surface area contributed by atoms with Crippen LogP contribution in [0.2, 0.25) is 0 Å². The van der Waals surface area contributed by atoms with Gasteiger partial charge in [0.25, 0.3) is 0 Å². The van der Waals surface area contributed by atoms with Crippen molar-refractivity contribution in [2.45, 2.75) is 32.3 Å². The van der Waals surface area contributed by atoms with Gasteiger partial charge >= 0.3 is 0 Å². The highest BCUT2D eigenvalue weighted by molar-refractivity contribution is 9.10. The first kappa shape index (κ1) is 19.2. The van der Waals surface area contributed by atoms with Crippen LogP contribution in [0.15, 0.2) is 53.0 Å². The van der Waals surface area contributed by atoms with Crippen molar-refractivity contribution in [3.05, 3.63) is 53.0 Å². The summed E-state index contributed by atoms with van der Waals surface area (Å²) in [6, 6.07) is 16.5. The van der Waals surface area contributed by atoms with Gasteiger partial charge in [0, 0.05) is 21.9 Å². The molecule has 0 amide bonds. The van der Waals surface area contributed by atoms with E-state index in [1.165, 1.54) is 6.42 Å². The van der Waals surface area contributed by atoms with Crippen LogP contribution in [0.5, 0.6) is 5.75 Å². The largest absolute Gasteiger partial charge is 0.489 e. The van der Waals surface area contributed by atoms with E-state index in [9.17, 15) is 5.11 Å². The number of rotatable bonds is 9. The highest BCUT2D eigenvalue weighted by Crippen LogP contribution is 2.36. The van der Waals surface area contributed by atoms with Gasteiger partial charge in [0.1, 0.15) is 18.5 Å². The van der Waals surface area contributed by atoms with Crippen molar-refractivity contribution in [3.63, 3.8) is 0 Å². The van der Waals surface area contributed by atoms with Gasteiger partial charge in [-0.15, -0.1) is 0 Å². The standard InChI is InChI=1S/C22H25BrO3/c1-2-3-6-11-25-14-19(24)15-26-22-20-8-5-4-7-16(20)12-17-9-10-18(23)13-21(17)22/h4-5,7-10,12-13,19,24H,2-3,6,11,14-15H2,1H3. The molecule has 1 atom stereocenters. The lowest BCUT2D eigenvalue weighted by Gasteiger charge is -2.16. The van der Waals surface area contributed by atoms with Crippen LogP contribution in [-0.4, -0.2) is 31.0 Å². The maximum atomic E-state index is 10.2. The molecule has 138 valence electrons. The van der Waals surface area contributed by atoms with Crippen LogP contribution in [0.4, 0.5) is 0 Å². The molecule has 0 aromatic heterocycles. The molecule has 0 aliphatic heterocycles. The first-order chi connectivity index (χ1) is 12.7. The summed E-state index contributed by atoms with van der Waals surface area (Å²) in [6.07, 6.45) is 2.71. The normalized spacial score (nSPS) is 12.6. The highest BCUT2D eigenvalue weighted by Gasteiger charge is 2.12. The molecule has 3 aromatic carbocycles. The Morgan fingerprint density at radius 1 is 0.962 bits per heavy atom. The molecule has 26 heavy (non-hydrogen) atoms. The Morgan fingerprint density at radius 3 is 2.62 bits per heavy atom. The SMILES string of the molecule is CCCCCOCC(O)COc1c2ccccc2cc2ccc(Br)cc12. The third-order valence-electron chi connectivity index (χ3n) is 4.40. The van der Waals surface area contributed by atoms with Crippen LogP contribution in [0, 0.1) is 0 Å². The van der Waals surface area contributed by atoms with E-state index in [2.05, 4.69) is 53.2 Å². The molecule has 4 heteroatoms. The number of aliphatic hydroxyl groups is 1. The third-order valence-corrected chi connectivity index (χ3v) is 4.89. The summed E-state index contributed by atoms with van der Waals surface area (Å²) in [5.74, 6) is 0.810. The molecule has 0 saturated carbocycles. The third kappa shape index (κ3) is 4.76. The lowest BCUT2D eigenvalue weighted by molar-refractivity contribution is 0.0116. The summed E-state index contributed by atoms with van der Waals surface area (Å²) < 4.78 is 12.6. The lowest BCUT2D eigenvalue weighted by Crippen LogP contribution is -2.23. The Labute approximate surface area is 163 Å². The van der Waals surface area contributed by atoms with Gasteiger partial charge in [0.05, 0.1) is 6.61 Å². The Balaban J connectivity index is 1.76. The molecule has 0 aliphatic rings. The van der Waals surface area contributed by atoms with Crippen molar-refractivity contribution < 1.29 is 14.6 Å². The second-order valence-corrected chi connectivity index (χ2v) is 7.45. The van der Waals surface area contributed by atoms with E-state index in [1.807, 2.05) is 18.2 Å². The fourth-order valence-corrected chi connectivity index (χ4v) is 3.41. The van der Waals surface area contributed by atoms with Crippen molar-refractivity contribution in [1.29, 1.82) is 0 Å². The van der Waals surface area contributed by atoms with Gasteiger partial charge < -0.3 is 14.6 Å². The fraction of sp³-hybridized carbons (Fsp3) is 0.364. The number of fused-ring (bicyclic) bond motifs is 2. The van der Waals surface area contributed by atoms with Crippen LogP contribution in [0.25, 0.3) is 21.5 Å². The smallest absolute Gasteiger partial charge is 0.135 e. The summed E-state index contributed by atoms with van der Waals surface area (Å²) in [7, 11) is 0. The Bertz CT molecular complexity index is 863. The zero-order chi connectivity index (χ0) is 18.4. The number of ether oxygens (including phenoxy) is 2. The molecule has 0 fully saturated rings. The Morgan fingerprint density at radius 2 is 1.77 bits per heavy atom. The van der Waals surface area contributed by atoms with Gasteiger partial charge in [-0.25, -0.2) is 0 Å². The summed E-state index contributed by atoms with van der Waals surface area (Å²) in [5.41, 5.74) is 0. The van der Waals surface area contributed by atoms with E-state index in [0.717, 1.165) is 44.6 Å². The zero-order valence-electron chi connectivity index (χ0n) is 15.1. The van der Waals surface area contributed by atoms with Gasteiger partial charge in [-0.05, 0) is 35.4 Å². The predicted molar refractivity (Wildman–Crippen MR) is 111 cm³/mol. The molecule has 0 aliphatic carbocycles. The van der Waals surface area contributed by atoms with E-state index in [4.69, 9.17) is 9.47 Å². The Hall–Kier alpha value is -1.62. The quantitative estimate of drug-likeness (QED) is 0.359. The van der Waals surface area contributed by atoms with Gasteiger partial charge in [-0.2, -0.15) is 0 Å². The van der Waals surface area contributed by atoms with Crippen molar-refractivity contribution >= 4 is 37.5 Å². The molecule has 0 saturated heterocycles. The maximum Gasteiger partial charge on any atom is 0.135 e. The minimum absolute atomic E-state index is 0.212. The van der Waals surface area contributed by atoms with Crippen LogP contribution in [0.3, 0.4) is 0 Å². The zero-order valence-corrected chi connectivity index (χ0v) is 16.7. The van der Waals surface area contributed by atoms with Crippen molar-refractivity contribution in [2.24, 2.45) is 0 Å². The van der Waals surface area contributed by atoms with Crippen LogP contribution >= 0.6 is 15.9 Å². The molecule has 3 nitrogen and oxygen atoms in total. The fourth-order valence-electron chi connectivity index (χ4n) is 3.05. The Kier molecular flexibility index (Phi) is 6.89. The molecular weight excluding hydrogens is 392 g/mol. The summed E-state index contributed by atoms with van der Waals surface area (Å²) in [4.78, 5) is 0. The average Bonchev–Trinajstić information content (AvgIpc) is 2.65. The molecule has 0 spiro atoms. The molecule has 0 heterocycles. The van der Waals surface area contributed by atoms with Crippen LogP contribution in [0.1, 0.15) is 26.2 Å². The van der Waals surface area contributed by atoms with Gasteiger partial charge in [-0.1, -0.05) is 66.0 Å². The summed E-state index contributed by atoms with van der Waals surface area (Å²) >= 11 is 3.54. The molecule has 1 N–H and O–H groups in total. The summed E-state index contributed by atoms with van der Waals surface area (Å²) in [6.45, 7) is 3.37. The van der Waals surface area contributed by atoms with E-state index in [-0.39, 0.29) is 6.61 Å². The topological polar surface area (TPSA) is 38.7 Å². The first-order valence-electron chi connectivity index (χ1n) is 9.18. The predicted octanol–water partition coefficient (Wildman–Crippen LogP) is 5.70. The summed E-state index contributed by atoms with van der Waals surface area (Å²) in [5, 5.41) is 14.5. The van der Waals surface area contributed by atoms with Gasteiger partial charge in [0.2, 0.25) is 0 Å². The molecule has 3 aromatic rings. The van der Waals surface area contributed by atoms with Gasteiger partial charge in [-0.3, -0.25) is 0 Å². The van der Waals surface area contributed by atoms with Crippen molar-refractivity contribution in [3.8, 4) is 5.75 Å². The van der Waals surface area contributed by atoms with E-state index in [1.54, 1.807) is 0 Å². The highest BCUT2D eigenvalue weighted by atomic mass is 79.9. The lowest BCUT2D eigenvalue weighted by atomic mass is 10.0. The van der Waals surface area contributed by atoms with Crippen LogP contribution in [-0.2, 0) is 4.74 Å². The second kappa shape index (κ2) is 9.36. The molecule has 3 rings (SSSR count). The number of hydrogen-bond donors (Lipinski definition) is 1. The molecule has 0 bridgehead atoms. The van der Waals surface area contributed by atoms with E-state index < -0.39 is 6.10 Å². The number of aliphatic hydroxyl groups excluding tert-OH is 1. The maximum absolute atomic E-state index is 10.2. The number of unbranched alkanes of at least 4 members (excludes halogenated alkanes) is 2. The molecular formula is C22H25BrO3. The number of benzene rings is 3. The number of halogens is 1. The van der Waals surface area contributed by atoms with E-state index >= 15 is 0 Å². The molecule has 1 unspecified atom stereocenters. The van der Waals surface area contributed by atoms with Crippen molar-refractivity contribution in [1.82, 2.24) is 0 Å². The van der Waals surface area contributed by atoms with Crippen molar-refractivity contribution in [2.75, 3.05) is 19.8 Å². The minimum Gasteiger partial charge on any atom is -0.489 e. The van der Waals surface area contributed by atoms with E-state index in [0.29, 0.717) is 13.2 Å².